The third kappa shape index (κ3) is 2.43. The lowest BCUT2D eigenvalue weighted by atomic mass is 10.1. The summed E-state index contributed by atoms with van der Waals surface area (Å²) < 4.78 is 0. The fraction of sp³-hybridized carbons (Fsp3) is 0.417. The van der Waals surface area contributed by atoms with E-state index in [-0.39, 0.29) is 5.91 Å². The molecule has 0 bridgehead atoms. The van der Waals surface area contributed by atoms with Gasteiger partial charge in [-0.2, -0.15) is 0 Å². The van der Waals surface area contributed by atoms with Gasteiger partial charge in [0, 0.05) is 44.1 Å². The Labute approximate surface area is 100 Å². The molecule has 5 heteroatoms. The van der Waals surface area contributed by atoms with E-state index in [0.717, 1.165) is 12.0 Å². The molecule has 0 spiro atoms. The SMILES string of the molecule is Cc1cnccc1C(=O)N1CCN(C=O)CC1. The smallest absolute Gasteiger partial charge is 0.254 e. The van der Waals surface area contributed by atoms with Gasteiger partial charge in [-0.25, -0.2) is 0 Å². The number of hydrogen-bond acceptors (Lipinski definition) is 3. The molecular weight excluding hydrogens is 218 g/mol. The number of pyridine rings is 1. The quantitative estimate of drug-likeness (QED) is 0.691. The highest BCUT2D eigenvalue weighted by molar-refractivity contribution is 5.95. The number of hydrogen-bond donors (Lipinski definition) is 0. The van der Waals surface area contributed by atoms with Gasteiger partial charge in [0.2, 0.25) is 6.41 Å². The molecule has 0 saturated carbocycles. The highest BCUT2D eigenvalue weighted by Crippen LogP contribution is 2.11. The third-order valence-corrected chi connectivity index (χ3v) is 3.00. The van der Waals surface area contributed by atoms with E-state index in [0.29, 0.717) is 31.7 Å². The van der Waals surface area contributed by atoms with Crippen LogP contribution in [0.4, 0.5) is 0 Å². The van der Waals surface area contributed by atoms with Crippen LogP contribution in [0.15, 0.2) is 18.5 Å². The Hall–Kier alpha value is -1.91. The first-order valence-corrected chi connectivity index (χ1v) is 5.61. The number of carbonyl (C=O) groups excluding carboxylic acids is 2. The number of aromatic nitrogens is 1. The maximum Gasteiger partial charge on any atom is 0.254 e. The van der Waals surface area contributed by atoms with Crippen LogP contribution < -0.4 is 0 Å². The van der Waals surface area contributed by atoms with Crippen molar-refractivity contribution in [3.8, 4) is 0 Å². The summed E-state index contributed by atoms with van der Waals surface area (Å²) in [6.07, 6.45) is 4.15. The van der Waals surface area contributed by atoms with Gasteiger partial charge in [-0.05, 0) is 18.6 Å². The second-order valence-electron chi connectivity index (χ2n) is 4.12. The second-order valence-corrected chi connectivity index (χ2v) is 4.12. The molecule has 0 atom stereocenters. The van der Waals surface area contributed by atoms with Crippen molar-refractivity contribution in [1.82, 2.24) is 14.8 Å². The summed E-state index contributed by atoms with van der Waals surface area (Å²) in [7, 11) is 0. The Morgan fingerprint density at radius 2 is 2.06 bits per heavy atom. The number of nitrogens with zero attached hydrogens (tertiary/aromatic N) is 3. The molecule has 17 heavy (non-hydrogen) atoms. The average Bonchev–Trinajstić information content (AvgIpc) is 2.39. The predicted molar refractivity (Wildman–Crippen MR) is 62.5 cm³/mol. The van der Waals surface area contributed by atoms with Gasteiger partial charge in [-0.3, -0.25) is 14.6 Å². The van der Waals surface area contributed by atoms with Crippen molar-refractivity contribution in [2.24, 2.45) is 0 Å². The zero-order valence-electron chi connectivity index (χ0n) is 9.80. The summed E-state index contributed by atoms with van der Waals surface area (Å²) in [6.45, 7) is 4.29. The summed E-state index contributed by atoms with van der Waals surface area (Å²) in [5, 5.41) is 0. The molecule has 1 fully saturated rings. The molecule has 1 aromatic rings. The molecule has 90 valence electrons. The monoisotopic (exact) mass is 233 g/mol. The van der Waals surface area contributed by atoms with E-state index in [1.165, 1.54) is 0 Å². The summed E-state index contributed by atoms with van der Waals surface area (Å²) in [4.78, 5) is 30.2. The second kappa shape index (κ2) is 4.95. The molecular formula is C12H15N3O2. The van der Waals surface area contributed by atoms with Crippen LogP contribution >= 0.6 is 0 Å². The fourth-order valence-corrected chi connectivity index (χ4v) is 1.91. The Bertz CT molecular complexity index is 426. The highest BCUT2D eigenvalue weighted by atomic mass is 16.2. The Kier molecular flexibility index (Phi) is 3.37. The maximum absolute atomic E-state index is 12.2. The third-order valence-electron chi connectivity index (χ3n) is 3.00. The van der Waals surface area contributed by atoms with E-state index in [1.54, 1.807) is 28.3 Å². The number of carbonyl (C=O) groups is 2. The van der Waals surface area contributed by atoms with E-state index in [9.17, 15) is 9.59 Å². The molecule has 5 nitrogen and oxygen atoms in total. The number of amides is 2. The lowest BCUT2D eigenvalue weighted by molar-refractivity contribution is -0.119. The minimum Gasteiger partial charge on any atom is -0.342 e. The molecule has 1 saturated heterocycles. The van der Waals surface area contributed by atoms with Gasteiger partial charge in [-0.1, -0.05) is 0 Å². The number of rotatable bonds is 2. The van der Waals surface area contributed by atoms with Crippen LogP contribution in [0.3, 0.4) is 0 Å². The zero-order valence-corrected chi connectivity index (χ0v) is 9.80. The number of aryl methyl sites for hydroxylation is 1. The zero-order chi connectivity index (χ0) is 12.3. The van der Waals surface area contributed by atoms with E-state index in [4.69, 9.17) is 0 Å². The van der Waals surface area contributed by atoms with E-state index in [1.807, 2.05) is 6.92 Å². The molecule has 2 heterocycles. The molecule has 1 aromatic heterocycles. The van der Waals surface area contributed by atoms with Crippen LogP contribution in [-0.2, 0) is 4.79 Å². The molecule has 1 aliphatic rings. The molecule has 0 N–H and O–H groups in total. The van der Waals surface area contributed by atoms with Gasteiger partial charge < -0.3 is 9.80 Å². The normalized spacial score (nSPS) is 15.8. The molecule has 0 aromatic carbocycles. The van der Waals surface area contributed by atoms with Gasteiger partial charge in [-0.15, -0.1) is 0 Å². The molecule has 0 aliphatic carbocycles. The van der Waals surface area contributed by atoms with Gasteiger partial charge >= 0.3 is 0 Å². The van der Waals surface area contributed by atoms with E-state index < -0.39 is 0 Å². The fourth-order valence-electron chi connectivity index (χ4n) is 1.91. The van der Waals surface area contributed by atoms with Gasteiger partial charge in [0.25, 0.3) is 5.91 Å². The first kappa shape index (κ1) is 11.6. The summed E-state index contributed by atoms with van der Waals surface area (Å²) in [5.74, 6) is 0.0236. The lowest BCUT2D eigenvalue weighted by Gasteiger charge is -2.32. The lowest BCUT2D eigenvalue weighted by Crippen LogP contribution is -2.48. The Balaban J connectivity index is 2.07. The largest absolute Gasteiger partial charge is 0.342 e. The minimum atomic E-state index is 0.0236. The van der Waals surface area contributed by atoms with Crippen molar-refractivity contribution in [1.29, 1.82) is 0 Å². The van der Waals surface area contributed by atoms with Crippen LogP contribution in [-0.4, -0.2) is 53.3 Å². The standard InChI is InChI=1S/C12H15N3O2/c1-10-8-13-3-2-11(10)12(17)15-6-4-14(9-16)5-7-15/h2-3,8-9H,4-7H2,1H3. The summed E-state index contributed by atoms with van der Waals surface area (Å²) in [6, 6.07) is 1.74. The highest BCUT2D eigenvalue weighted by Gasteiger charge is 2.22. The number of piperazine rings is 1. The topological polar surface area (TPSA) is 53.5 Å². The Morgan fingerprint density at radius 3 is 2.65 bits per heavy atom. The molecule has 1 aliphatic heterocycles. The van der Waals surface area contributed by atoms with E-state index in [2.05, 4.69) is 4.98 Å². The van der Waals surface area contributed by atoms with Gasteiger partial charge in [0.15, 0.2) is 0 Å². The molecule has 2 amide bonds. The van der Waals surface area contributed by atoms with Gasteiger partial charge in [0.05, 0.1) is 0 Å². The molecule has 0 unspecified atom stereocenters. The van der Waals surface area contributed by atoms with Crippen molar-refractivity contribution in [3.63, 3.8) is 0 Å². The van der Waals surface area contributed by atoms with Crippen molar-refractivity contribution in [2.75, 3.05) is 26.2 Å². The van der Waals surface area contributed by atoms with E-state index >= 15 is 0 Å². The van der Waals surface area contributed by atoms with Crippen molar-refractivity contribution in [2.45, 2.75) is 6.92 Å². The van der Waals surface area contributed by atoms with Crippen LogP contribution in [0.1, 0.15) is 15.9 Å². The van der Waals surface area contributed by atoms with Crippen molar-refractivity contribution in [3.05, 3.63) is 29.6 Å². The van der Waals surface area contributed by atoms with Crippen LogP contribution in [0.25, 0.3) is 0 Å². The van der Waals surface area contributed by atoms with Crippen LogP contribution in [0.2, 0.25) is 0 Å². The van der Waals surface area contributed by atoms with Crippen molar-refractivity contribution >= 4 is 12.3 Å². The predicted octanol–water partition coefficient (Wildman–Crippen LogP) is 0.304. The minimum absolute atomic E-state index is 0.0236. The van der Waals surface area contributed by atoms with Gasteiger partial charge in [0.1, 0.15) is 0 Å². The first-order chi connectivity index (χ1) is 8.22. The molecule has 2 rings (SSSR count). The molecule has 0 radical (unpaired) electrons. The summed E-state index contributed by atoms with van der Waals surface area (Å²) in [5.41, 5.74) is 1.58. The average molecular weight is 233 g/mol. The Morgan fingerprint density at radius 1 is 1.35 bits per heavy atom. The maximum atomic E-state index is 12.2. The van der Waals surface area contributed by atoms with Crippen molar-refractivity contribution < 1.29 is 9.59 Å². The van der Waals surface area contributed by atoms with Crippen LogP contribution in [0, 0.1) is 6.92 Å². The van der Waals surface area contributed by atoms with Crippen LogP contribution in [0.5, 0.6) is 0 Å². The summed E-state index contributed by atoms with van der Waals surface area (Å²) >= 11 is 0. The first-order valence-electron chi connectivity index (χ1n) is 5.61.